The third-order valence-electron chi connectivity index (χ3n) is 4.87. The van der Waals surface area contributed by atoms with Crippen LogP contribution in [0.1, 0.15) is 66.2 Å². The number of benzene rings is 1. The minimum absolute atomic E-state index is 0.128. The highest BCUT2D eigenvalue weighted by molar-refractivity contribution is 5.85. The zero-order valence-electron chi connectivity index (χ0n) is 16.9. The lowest BCUT2D eigenvalue weighted by Gasteiger charge is -2.37. The van der Waals surface area contributed by atoms with Crippen LogP contribution in [0.2, 0.25) is 0 Å². The van der Waals surface area contributed by atoms with Gasteiger partial charge in [0.2, 0.25) is 0 Å². The Balaban J connectivity index is 2.05. The van der Waals surface area contributed by atoms with Crippen LogP contribution in [0.15, 0.2) is 24.3 Å². The van der Waals surface area contributed by atoms with E-state index in [4.69, 9.17) is 9.47 Å². The van der Waals surface area contributed by atoms with Crippen molar-refractivity contribution in [2.24, 2.45) is 0 Å². The fourth-order valence-corrected chi connectivity index (χ4v) is 3.40. The van der Waals surface area contributed by atoms with Gasteiger partial charge >= 0.3 is 12.2 Å². The van der Waals surface area contributed by atoms with Gasteiger partial charge in [-0.1, -0.05) is 32.3 Å². The Bertz CT molecular complexity index is 626. The highest BCUT2D eigenvalue weighted by Gasteiger charge is 2.30. The summed E-state index contributed by atoms with van der Waals surface area (Å²) < 4.78 is 10.7. The Morgan fingerprint density at radius 3 is 2.52 bits per heavy atom. The largest absolute Gasteiger partial charge is 0.447 e. The standard InChI is InChI=1S/C21H32N2O4/c1-5-16(4)23(18-11-7-6-8-12-18)21(25)27-19-13-9-10-17(14-19)22-20(24)26-15(2)3/h9-10,13-16,18H,5-8,11-12H2,1-4H3,(H,22,24). The van der Waals surface area contributed by atoms with Crippen molar-refractivity contribution in [1.29, 1.82) is 0 Å². The van der Waals surface area contributed by atoms with E-state index in [2.05, 4.69) is 19.2 Å². The topological polar surface area (TPSA) is 67.9 Å². The molecular formula is C21H32N2O4. The lowest BCUT2D eigenvalue weighted by Crippen LogP contribution is -2.48. The summed E-state index contributed by atoms with van der Waals surface area (Å²) in [7, 11) is 0. The summed E-state index contributed by atoms with van der Waals surface area (Å²) in [6.07, 6.45) is 5.43. The molecule has 1 atom stereocenters. The number of anilines is 1. The van der Waals surface area contributed by atoms with Crippen molar-refractivity contribution in [1.82, 2.24) is 4.90 Å². The molecule has 0 radical (unpaired) electrons. The van der Waals surface area contributed by atoms with E-state index in [1.165, 1.54) is 6.42 Å². The maximum absolute atomic E-state index is 12.9. The molecule has 2 rings (SSSR count). The molecule has 0 spiro atoms. The van der Waals surface area contributed by atoms with Crippen molar-refractivity contribution in [2.75, 3.05) is 5.32 Å². The molecule has 1 fully saturated rings. The van der Waals surface area contributed by atoms with Crippen molar-refractivity contribution in [3.05, 3.63) is 24.3 Å². The Kier molecular flexibility index (Phi) is 7.95. The van der Waals surface area contributed by atoms with Gasteiger partial charge in [-0.15, -0.1) is 0 Å². The second-order valence-corrected chi connectivity index (χ2v) is 7.43. The maximum atomic E-state index is 12.9. The summed E-state index contributed by atoms with van der Waals surface area (Å²) in [6, 6.07) is 7.18. The van der Waals surface area contributed by atoms with E-state index in [1.54, 1.807) is 38.1 Å². The van der Waals surface area contributed by atoms with Crippen LogP contribution < -0.4 is 10.1 Å². The predicted molar refractivity (Wildman–Crippen MR) is 106 cm³/mol. The van der Waals surface area contributed by atoms with Crippen molar-refractivity contribution in [2.45, 2.75) is 84.4 Å². The number of rotatable bonds is 6. The highest BCUT2D eigenvalue weighted by atomic mass is 16.6. The average molecular weight is 376 g/mol. The first-order valence-electron chi connectivity index (χ1n) is 9.98. The van der Waals surface area contributed by atoms with Gasteiger partial charge in [0.15, 0.2) is 0 Å². The smallest absolute Gasteiger partial charge is 0.415 e. The van der Waals surface area contributed by atoms with E-state index < -0.39 is 6.09 Å². The Labute approximate surface area is 162 Å². The first kappa shape index (κ1) is 21.1. The van der Waals surface area contributed by atoms with Crippen molar-refractivity contribution >= 4 is 17.9 Å². The fourth-order valence-electron chi connectivity index (χ4n) is 3.40. The Morgan fingerprint density at radius 1 is 1.19 bits per heavy atom. The monoisotopic (exact) mass is 376 g/mol. The van der Waals surface area contributed by atoms with Crippen molar-refractivity contribution in [3.8, 4) is 5.75 Å². The summed E-state index contributed by atoms with van der Waals surface area (Å²) in [4.78, 5) is 26.5. The second-order valence-electron chi connectivity index (χ2n) is 7.43. The highest BCUT2D eigenvalue weighted by Crippen LogP contribution is 2.27. The zero-order chi connectivity index (χ0) is 19.8. The Morgan fingerprint density at radius 2 is 1.89 bits per heavy atom. The van der Waals surface area contributed by atoms with E-state index in [1.807, 2.05) is 4.90 Å². The number of hydrogen-bond acceptors (Lipinski definition) is 4. The van der Waals surface area contributed by atoms with Gasteiger partial charge < -0.3 is 14.4 Å². The lowest BCUT2D eigenvalue weighted by molar-refractivity contribution is 0.0929. The molecule has 1 aliphatic rings. The number of nitrogens with zero attached hydrogens (tertiary/aromatic N) is 1. The van der Waals surface area contributed by atoms with E-state index in [0.717, 1.165) is 32.1 Å². The van der Waals surface area contributed by atoms with Crippen molar-refractivity contribution in [3.63, 3.8) is 0 Å². The molecule has 0 aliphatic heterocycles. The molecule has 1 aliphatic carbocycles. The summed E-state index contributed by atoms with van der Waals surface area (Å²) in [5.41, 5.74) is 0.527. The van der Waals surface area contributed by atoms with Gasteiger partial charge in [0.05, 0.1) is 6.10 Å². The first-order chi connectivity index (χ1) is 12.9. The predicted octanol–water partition coefficient (Wildman–Crippen LogP) is 5.58. The third kappa shape index (κ3) is 6.45. The van der Waals surface area contributed by atoms with Gasteiger partial charge in [0.1, 0.15) is 5.75 Å². The summed E-state index contributed by atoms with van der Waals surface area (Å²) >= 11 is 0. The van der Waals surface area contributed by atoms with E-state index in [0.29, 0.717) is 11.4 Å². The molecule has 27 heavy (non-hydrogen) atoms. The van der Waals surface area contributed by atoms with Gasteiger partial charge in [0.25, 0.3) is 0 Å². The summed E-state index contributed by atoms with van der Waals surface area (Å²) in [5.74, 6) is 0.409. The molecule has 0 saturated heterocycles. The van der Waals surface area contributed by atoms with Crippen LogP contribution in [0.25, 0.3) is 0 Å². The molecule has 1 N–H and O–H groups in total. The molecule has 0 bridgehead atoms. The molecular weight excluding hydrogens is 344 g/mol. The minimum atomic E-state index is -0.531. The zero-order valence-corrected chi connectivity index (χ0v) is 16.9. The summed E-state index contributed by atoms with van der Waals surface area (Å²) in [6.45, 7) is 7.72. The number of ether oxygens (including phenoxy) is 2. The van der Waals surface area contributed by atoms with Crippen molar-refractivity contribution < 1.29 is 19.1 Å². The van der Waals surface area contributed by atoms with Gasteiger partial charge in [-0.05, 0) is 52.2 Å². The second kappa shape index (κ2) is 10.2. The SMILES string of the molecule is CCC(C)N(C(=O)Oc1cccc(NC(=O)OC(C)C)c1)C1CCCCC1. The number of hydrogen-bond donors (Lipinski definition) is 1. The van der Waals surface area contributed by atoms with Crippen LogP contribution in [0, 0.1) is 0 Å². The summed E-state index contributed by atoms with van der Waals surface area (Å²) in [5, 5.41) is 2.65. The number of carbonyl (C=O) groups is 2. The van der Waals surface area contributed by atoms with Gasteiger partial charge in [0, 0.05) is 23.8 Å². The molecule has 150 valence electrons. The lowest BCUT2D eigenvalue weighted by atomic mass is 9.93. The molecule has 0 aromatic heterocycles. The van der Waals surface area contributed by atoms with Gasteiger partial charge in [-0.3, -0.25) is 5.32 Å². The van der Waals surface area contributed by atoms with Gasteiger partial charge in [-0.25, -0.2) is 9.59 Å². The van der Waals surface area contributed by atoms with E-state index >= 15 is 0 Å². The quantitative estimate of drug-likeness (QED) is 0.704. The normalized spacial score (nSPS) is 15.9. The average Bonchev–Trinajstić information content (AvgIpc) is 2.62. The first-order valence-corrected chi connectivity index (χ1v) is 9.98. The molecule has 1 aromatic carbocycles. The Hall–Kier alpha value is -2.24. The van der Waals surface area contributed by atoms with Crippen LogP contribution in [0.3, 0.4) is 0 Å². The molecule has 0 heterocycles. The number of nitrogens with one attached hydrogen (secondary N) is 1. The third-order valence-corrected chi connectivity index (χ3v) is 4.87. The van der Waals surface area contributed by atoms with Crippen LogP contribution in [0.4, 0.5) is 15.3 Å². The van der Waals surface area contributed by atoms with Crippen LogP contribution in [-0.2, 0) is 4.74 Å². The molecule has 6 nitrogen and oxygen atoms in total. The van der Waals surface area contributed by atoms with Crippen LogP contribution >= 0.6 is 0 Å². The van der Waals surface area contributed by atoms with E-state index in [-0.39, 0.29) is 24.3 Å². The molecule has 1 aromatic rings. The fraction of sp³-hybridized carbons (Fsp3) is 0.619. The minimum Gasteiger partial charge on any atom is -0.447 e. The molecule has 1 unspecified atom stereocenters. The number of amides is 2. The molecule has 2 amide bonds. The molecule has 6 heteroatoms. The molecule has 1 saturated carbocycles. The number of carbonyl (C=O) groups excluding carboxylic acids is 2. The van der Waals surface area contributed by atoms with E-state index in [9.17, 15) is 9.59 Å². The van der Waals surface area contributed by atoms with Crippen LogP contribution in [-0.4, -0.2) is 35.3 Å². The van der Waals surface area contributed by atoms with Crippen LogP contribution in [0.5, 0.6) is 5.75 Å². The van der Waals surface area contributed by atoms with Gasteiger partial charge in [-0.2, -0.15) is 0 Å². The maximum Gasteiger partial charge on any atom is 0.415 e.